The minimum atomic E-state index is -0.157. The third-order valence-electron chi connectivity index (χ3n) is 4.86. The van der Waals surface area contributed by atoms with E-state index in [-0.39, 0.29) is 17.8 Å². The average Bonchev–Trinajstić information content (AvgIpc) is 2.64. The molecule has 1 aliphatic rings. The number of likely N-dealkylation sites (tertiary alicyclic amines) is 1. The number of aromatic hydroxyl groups is 1. The summed E-state index contributed by atoms with van der Waals surface area (Å²) in [6, 6.07) is 10.9. The molecule has 0 spiro atoms. The lowest BCUT2D eigenvalue weighted by molar-refractivity contribution is 0.0590. The number of ether oxygens (including phenoxy) is 2. The number of methoxy groups -OCH3 is 1. The summed E-state index contributed by atoms with van der Waals surface area (Å²) < 4.78 is 11.3. The number of para-hydroxylation sites is 1. The van der Waals surface area contributed by atoms with Crippen LogP contribution in [0.4, 0.5) is 0 Å². The van der Waals surface area contributed by atoms with Crippen LogP contribution in [0.15, 0.2) is 36.4 Å². The lowest BCUT2D eigenvalue weighted by Crippen LogP contribution is -2.41. The van der Waals surface area contributed by atoms with Crippen LogP contribution in [0.1, 0.15) is 34.3 Å². The van der Waals surface area contributed by atoms with E-state index in [1.54, 1.807) is 17.0 Å². The van der Waals surface area contributed by atoms with Crippen molar-refractivity contribution in [1.29, 1.82) is 0 Å². The highest BCUT2D eigenvalue weighted by molar-refractivity contribution is 5.97. The van der Waals surface area contributed by atoms with Crippen LogP contribution in [-0.4, -0.2) is 42.2 Å². The first-order valence-corrected chi connectivity index (χ1v) is 8.88. The number of phenols is 1. The Bertz CT molecular complexity index is 774. The fraction of sp³-hybridized carbons (Fsp3) is 0.381. The maximum atomic E-state index is 12.7. The first-order chi connectivity index (χ1) is 12.5. The fourth-order valence-electron chi connectivity index (χ4n) is 3.32. The van der Waals surface area contributed by atoms with E-state index in [9.17, 15) is 9.90 Å². The summed E-state index contributed by atoms with van der Waals surface area (Å²) in [5.41, 5.74) is 2.57. The average molecular weight is 355 g/mol. The molecule has 2 aromatic carbocycles. The summed E-state index contributed by atoms with van der Waals surface area (Å²) in [5.74, 6) is 1.27. The van der Waals surface area contributed by atoms with E-state index < -0.39 is 0 Å². The van der Waals surface area contributed by atoms with Gasteiger partial charge in [-0.25, -0.2) is 0 Å². The Morgan fingerprint density at radius 1 is 1.12 bits per heavy atom. The number of phenolic OH excluding ortho intramolecular Hbond substituents is 1. The Morgan fingerprint density at radius 2 is 1.77 bits per heavy atom. The van der Waals surface area contributed by atoms with Gasteiger partial charge >= 0.3 is 0 Å². The Labute approximate surface area is 154 Å². The van der Waals surface area contributed by atoms with Crippen molar-refractivity contribution in [3.8, 4) is 17.2 Å². The predicted molar refractivity (Wildman–Crippen MR) is 100 cm³/mol. The second-order valence-corrected chi connectivity index (χ2v) is 6.71. The van der Waals surface area contributed by atoms with Crippen LogP contribution in [0.3, 0.4) is 0 Å². The van der Waals surface area contributed by atoms with Crippen molar-refractivity contribution in [2.75, 3.05) is 20.2 Å². The second kappa shape index (κ2) is 7.68. The molecule has 1 saturated heterocycles. The number of aryl methyl sites for hydroxylation is 2. The zero-order chi connectivity index (χ0) is 18.7. The molecule has 1 N–H and O–H groups in total. The zero-order valence-electron chi connectivity index (χ0n) is 15.5. The number of hydrogen-bond donors (Lipinski definition) is 1. The minimum Gasteiger partial charge on any atom is -0.507 e. The van der Waals surface area contributed by atoms with Crippen LogP contribution in [0.5, 0.6) is 17.2 Å². The van der Waals surface area contributed by atoms with Gasteiger partial charge < -0.3 is 19.5 Å². The molecule has 1 amide bonds. The molecule has 0 aromatic heterocycles. The van der Waals surface area contributed by atoms with Gasteiger partial charge in [0, 0.05) is 32.0 Å². The van der Waals surface area contributed by atoms with E-state index in [0.29, 0.717) is 24.4 Å². The van der Waals surface area contributed by atoms with Gasteiger partial charge in [-0.15, -0.1) is 0 Å². The molecule has 5 nitrogen and oxygen atoms in total. The van der Waals surface area contributed by atoms with Gasteiger partial charge in [0.05, 0.1) is 12.7 Å². The number of carbonyl (C=O) groups excluding carboxylic acids is 1. The van der Waals surface area contributed by atoms with Crippen LogP contribution in [0.25, 0.3) is 0 Å². The molecule has 2 aromatic rings. The molecular formula is C21H25NO4. The minimum absolute atomic E-state index is 0.0525. The molecule has 138 valence electrons. The van der Waals surface area contributed by atoms with Crippen LogP contribution in [0.2, 0.25) is 0 Å². The molecule has 1 aliphatic heterocycles. The van der Waals surface area contributed by atoms with Gasteiger partial charge in [-0.05, 0) is 37.1 Å². The molecule has 0 radical (unpaired) electrons. The number of hydrogen-bond acceptors (Lipinski definition) is 4. The number of amides is 1. The topological polar surface area (TPSA) is 59.0 Å². The molecule has 1 fully saturated rings. The van der Waals surface area contributed by atoms with Crippen molar-refractivity contribution in [1.82, 2.24) is 4.90 Å². The molecule has 0 unspecified atom stereocenters. The van der Waals surface area contributed by atoms with Crippen LogP contribution >= 0.6 is 0 Å². The van der Waals surface area contributed by atoms with Crippen molar-refractivity contribution < 1.29 is 19.4 Å². The van der Waals surface area contributed by atoms with Gasteiger partial charge in [-0.3, -0.25) is 4.79 Å². The van der Waals surface area contributed by atoms with E-state index in [1.807, 2.05) is 32.0 Å². The second-order valence-electron chi connectivity index (χ2n) is 6.71. The van der Waals surface area contributed by atoms with Gasteiger partial charge in [0.1, 0.15) is 23.4 Å². The van der Waals surface area contributed by atoms with E-state index in [4.69, 9.17) is 9.47 Å². The highest BCUT2D eigenvalue weighted by atomic mass is 16.5. The van der Waals surface area contributed by atoms with Gasteiger partial charge in [-0.1, -0.05) is 18.2 Å². The number of rotatable bonds is 4. The summed E-state index contributed by atoms with van der Waals surface area (Å²) in [6.07, 6.45) is 1.65. The van der Waals surface area contributed by atoms with E-state index in [0.717, 1.165) is 29.7 Å². The van der Waals surface area contributed by atoms with Crippen LogP contribution < -0.4 is 9.47 Å². The van der Waals surface area contributed by atoms with Gasteiger partial charge in [0.2, 0.25) is 0 Å². The SMILES string of the molecule is COc1ccc(C(=O)N2CCC(Oc3c(C)cccc3C)CC2)c(O)c1. The lowest BCUT2D eigenvalue weighted by Gasteiger charge is -2.33. The van der Waals surface area contributed by atoms with Gasteiger partial charge in [0.15, 0.2) is 0 Å². The molecule has 3 rings (SSSR count). The summed E-state index contributed by atoms with van der Waals surface area (Å²) in [5, 5.41) is 10.1. The third-order valence-corrected chi connectivity index (χ3v) is 4.86. The fourth-order valence-corrected chi connectivity index (χ4v) is 3.32. The first-order valence-electron chi connectivity index (χ1n) is 8.88. The summed E-state index contributed by atoms with van der Waals surface area (Å²) in [4.78, 5) is 14.4. The summed E-state index contributed by atoms with van der Waals surface area (Å²) in [6.45, 7) is 5.32. The normalized spacial score (nSPS) is 15.0. The van der Waals surface area contributed by atoms with Crippen molar-refractivity contribution >= 4 is 5.91 Å². The van der Waals surface area contributed by atoms with Crippen molar-refractivity contribution in [3.63, 3.8) is 0 Å². The Morgan fingerprint density at radius 3 is 2.35 bits per heavy atom. The Kier molecular flexibility index (Phi) is 5.35. The predicted octanol–water partition coefficient (Wildman–Crippen LogP) is 3.70. The third kappa shape index (κ3) is 3.77. The molecular weight excluding hydrogens is 330 g/mol. The molecule has 0 saturated carbocycles. The largest absolute Gasteiger partial charge is 0.507 e. The number of carbonyl (C=O) groups is 1. The first kappa shape index (κ1) is 18.1. The van der Waals surface area contributed by atoms with Gasteiger partial charge in [0.25, 0.3) is 5.91 Å². The molecule has 0 atom stereocenters. The highest BCUT2D eigenvalue weighted by Crippen LogP contribution is 2.28. The molecule has 1 heterocycles. The standard InChI is InChI=1S/C21H25NO4/c1-14-5-4-6-15(2)20(14)26-16-9-11-22(12-10-16)21(24)18-8-7-17(25-3)13-19(18)23/h4-8,13,16,23H,9-12H2,1-3H3. The Balaban J connectivity index is 1.62. The zero-order valence-corrected chi connectivity index (χ0v) is 15.5. The summed E-state index contributed by atoms with van der Waals surface area (Å²) >= 11 is 0. The van der Waals surface area contributed by atoms with Crippen LogP contribution in [-0.2, 0) is 0 Å². The van der Waals surface area contributed by atoms with Crippen molar-refractivity contribution in [2.24, 2.45) is 0 Å². The monoisotopic (exact) mass is 355 g/mol. The lowest BCUT2D eigenvalue weighted by atomic mass is 10.0. The number of benzene rings is 2. The van der Waals surface area contributed by atoms with E-state index in [2.05, 4.69) is 0 Å². The molecule has 5 heteroatoms. The molecule has 0 bridgehead atoms. The van der Waals surface area contributed by atoms with Crippen molar-refractivity contribution in [2.45, 2.75) is 32.8 Å². The quantitative estimate of drug-likeness (QED) is 0.908. The maximum absolute atomic E-state index is 12.7. The summed E-state index contributed by atoms with van der Waals surface area (Å²) in [7, 11) is 1.53. The smallest absolute Gasteiger partial charge is 0.257 e. The maximum Gasteiger partial charge on any atom is 0.257 e. The van der Waals surface area contributed by atoms with Crippen LogP contribution in [0, 0.1) is 13.8 Å². The Hall–Kier alpha value is -2.69. The molecule has 26 heavy (non-hydrogen) atoms. The number of nitrogens with zero attached hydrogens (tertiary/aromatic N) is 1. The van der Waals surface area contributed by atoms with Gasteiger partial charge in [-0.2, -0.15) is 0 Å². The van der Waals surface area contributed by atoms with E-state index in [1.165, 1.54) is 13.2 Å². The molecule has 0 aliphatic carbocycles. The number of piperidine rings is 1. The highest BCUT2D eigenvalue weighted by Gasteiger charge is 2.26. The van der Waals surface area contributed by atoms with Crippen molar-refractivity contribution in [3.05, 3.63) is 53.1 Å². The van der Waals surface area contributed by atoms with E-state index >= 15 is 0 Å².